The monoisotopic (exact) mass is 403 g/mol. The van der Waals surface area contributed by atoms with Gasteiger partial charge in [0.1, 0.15) is 5.75 Å². The van der Waals surface area contributed by atoms with E-state index in [0.29, 0.717) is 11.3 Å². The number of hydrogen-bond acceptors (Lipinski definition) is 5. The third-order valence-electron chi connectivity index (χ3n) is 4.28. The summed E-state index contributed by atoms with van der Waals surface area (Å²) in [4.78, 5) is 10.7. The highest BCUT2D eigenvalue weighted by molar-refractivity contribution is 7.89. The van der Waals surface area contributed by atoms with Crippen LogP contribution in [0.25, 0.3) is 10.9 Å². The summed E-state index contributed by atoms with van der Waals surface area (Å²) in [6.07, 6.45) is 0.929. The van der Waals surface area contributed by atoms with Crippen LogP contribution in [0.3, 0.4) is 0 Å². The largest absolute Gasteiger partial charge is 0.484 e. The molecular formula is C19H21N3O5S. The van der Waals surface area contributed by atoms with E-state index < -0.39 is 22.0 Å². The van der Waals surface area contributed by atoms with Gasteiger partial charge in [-0.2, -0.15) is 0 Å². The topological polar surface area (TPSA) is 124 Å². The Morgan fingerprint density at radius 1 is 1.21 bits per heavy atom. The molecule has 4 N–H and O–H groups in total. The van der Waals surface area contributed by atoms with Crippen LogP contribution in [0.4, 0.5) is 0 Å². The number of amides is 1. The number of nitrogens with zero attached hydrogens (tertiary/aromatic N) is 1. The van der Waals surface area contributed by atoms with Crippen LogP contribution in [0, 0.1) is 0 Å². The summed E-state index contributed by atoms with van der Waals surface area (Å²) >= 11 is 0. The molecule has 0 saturated carbocycles. The molecule has 1 heterocycles. The van der Waals surface area contributed by atoms with Crippen LogP contribution in [0.1, 0.15) is 11.7 Å². The van der Waals surface area contributed by atoms with E-state index in [0.717, 1.165) is 10.9 Å². The first-order valence-corrected chi connectivity index (χ1v) is 9.98. The SMILES string of the molecule is Cn1ccc2cc([C@H](O)CNS(=O)(=O)c3ccc(OCC(N)=O)cc3)ccc21. The fraction of sp³-hybridized carbons (Fsp3) is 0.211. The number of aryl methyl sites for hydroxylation is 1. The number of ether oxygens (including phenoxy) is 1. The van der Waals surface area contributed by atoms with E-state index in [2.05, 4.69) is 4.72 Å². The van der Waals surface area contributed by atoms with Crippen LogP contribution in [-0.2, 0) is 21.9 Å². The minimum atomic E-state index is -3.81. The lowest BCUT2D eigenvalue weighted by Crippen LogP contribution is -2.28. The van der Waals surface area contributed by atoms with Crippen molar-refractivity contribution in [2.75, 3.05) is 13.2 Å². The smallest absolute Gasteiger partial charge is 0.255 e. The lowest BCUT2D eigenvalue weighted by Gasteiger charge is -2.13. The molecule has 3 rings (SSSR count). The van der Waals surface area contributed by atoms with E-state index >= 15 is 0 Å². The number of carbonyl (C=O) groups excluding carboxylic acids is 1. The van der Waals surface area contributed by atoms with Crippen molar-refractivity contribution in [2.24, 2.45) is 12.8 Å². The first-order chi connectivity index (χ1) is 13.3. The van der Waals surface area contributed by atoms with E-state index in [1.807, 2.05) is 36.0 Å². The van der Waals surface area contributed by atoms with Gasteiger partial charge in [0.2, 0.25) is 10.0 Å². The number of carbonyl (C=O) groups is 1. The first kappa shape index (κ1) is 19.9. The van der Waals surface area contributed by atoms with E-state index in [9.17, 15) is 18.3 Å². The molecule has 0 aliphatic rings. The zero-order chi connectivity index (χ0) is 20.3. The van der Waals surface area contributed by atoms with Gasteiger partial charge in [0.25, 0.3) is 5.91 Å². The Morgan fingerprint density at radius 2 is 1.93 bits per heavy atom. The Kier molecular flexibility index (Phi) is 5.68. The lowest BCUT2D eigenvalue weighted by molar-refractivity contribution is -0.119. The number of hydrogen-bond donors (Lipinski definition) is 3. The van der Waals surface area contributed by atoms with Crippen LogP contribution in [-0.4, -0.2) is 37.2 Å². The van der Waals surface area contributed by atoms with Crippen molar-refractivity contribution in [2.45, 2.75) is 11.0 Å². The average Bonchev–Trinajstić information content (AvgIpc) is 3.05. The van der Waals surface area contributed by atoms with Crippen LogP contribution >= 0.6 is 0 Å². The minimum Gasteiger partial charge on any atom is -0.484 e. The fourth-order valence-electron chi connectivity index (χ4n) is 2.77. The molecule has 9 heteroatoms. The molecule has 148 valence electrons. The van der Waals surface area contributed by atoms with Crippen molar-refractivity contribution < 1.29 is 23.1 Å². The molecule has 0 bridgehead atoms. The van der Waals surface area contributed by atoms with Gasteiger partial charge in [-0.05, 0) is 53.4 Å². The van der Waals surface area contributed by atoms with E-state index in [4.69, 9.17) is 10.5 Å². The second-order valence-electron chi connectivity index (χ2n) is 6.34. The normalized spacial score (nSPS) is 12.8. The molecule has 1 amide bonds. The predicted octanol–water partition coefficient (Wildman–Crippen LogP) is 1.05. The maximum absolute atomic E-state index is 12.4. The van der Waals surface area contributed by atoms with Gasteiger partial charge in [-0.3, -0.25) is 4.79 Å². The lowest BCUT2D eigenvalue weighted by atomic mass is 10.1. The number of aliphatic hydroxyl groups is 1. The highest BCUT2D eigenvalue weighted by atomic mass is 32.2. The van der Waals surface area contributed by atoms with Crippen molar-refractivity contribution in [1.82, 2.24) is 9.29 Å². The van der Waals surface area contributed by atoms with Crippen molar-refractivity contribution in [3.05, 3.63) is 60.3 Å². The predicted molar refractivity (Wildman–Crippen MR) is 104 cm³/mol. The van der Waals surface area contributed by atoms with Crippen LogP contribution in [0.15, 0.2) is 59.6 Å². The molecular weight excluding hydrogens is 382 g/mol. The highest BCUT2D eigenvalue weighted by Crippen LogP contribution is 2.21. The first-order valence-electron chi connectivity index (χ1n) is 8.50. The summed E-state index contributed by atoms with van der Waals surface area (Å²) in [7, 11) is -1.88. The van der Waals surface area contributed by atoms with Gasteiger partial charge in [-0.15, -0.1) is 0 Å². The fourth-order valence-corrected chi connectivity index (χ4v) is 3.81. The highest BCUT2D eigenvalue weighted by Gasteiger charge is 2.17. The molecule has 1 aromatic heterocycles. The molecule has 0 radical (unpaired) electrons. The van der Waals surface area contributed by atoms with E-state index in [1.165, 1.54) is 24.3 Å². The van der Waals surface area contributed by atoms with E-state index in [-0.39, 0.29) is 18.0 Å². The second kappa shape index (κ2) is 8.01. The Hall–Kier alpha value is -2.88. The number of primary amides is 1. The zero-order valence-corrected chi connectivity index (χ0v) is 16.0. The standard InChI is InChI=1S/C19H21N3O5S/c1-22-9-8-13-10-14(2-7-17(13)22)18(23)11-21-28(25,26)16-5-3-15(4-6-16)27-12-19(20)24/h2-10,18,21,23H,11-12H2,1H3,(H2,20,24)/t18-/m1/s1. The number of rotatable bonds is 8. The molecule has 0 spiro atoms. The summed E-state index contributed by atoms with van der Waals surface area (Å²) in [5.41, 5.74) is 6.64. The number of sulfonamides is 1. The van der Waals surface area contributed by atoms with Crippen molar-refractivity contribution in [1.29, 1.82) is 0 Å². The Bertz CT molecular complexity index is 1090. The molecule has 0 saturated heterocycles. The summed E-state index contributed by atoms with van der Waals surface area (Å²) in [6, 6.07) is 13.0. The van der Waals surface area contributed by atoms with E-state index in [1.54, 1.807) is 6.07 Å². The van der Waals surface area contributed by atoms with Gasteiger partial charge in [0.05, 0.1) is 11.0 Å². The molecule has 3 aromatic rings. The molecule has 0 aliphatic heterocycles. The number of nitrogens with two attached hydrogens (primary N) is 1. The van der Waals surface area contributed by atoms with Crippen molar-refractivity contribution in [3.63, 3.8) is 0 Å². The summed E-state index contributed by atoms with van der Waals surface area (Å²) in [6.45, 7) is -0.455. The van der Waals surface area contributed by atoms with Crippen LogP contribution in [0.5, 0.6) is 5.75 Å². The number of benzene rings is 2. The van der Waals surface area contributed by atoms with Crippen molar-refractivity contribution in [3.8, 4) is 5.75 Å². The Labute approximate surface area is 162 Å². The number of aliphatic hydroxyl groups excluding tert-OH is 1. The average molecular weight is 403 g/mol. The molecule has 8 nitrogen and oxygen atoms in total. The number of nitrogens with one attached hydrogen (secondary N) is 1. The quantitative estimate of drug-likeness (QED) is 0.519. The maximum atomic E-state index is 12.4. The second-order valence-corrected chi connectivity index (χ2v) is 8.11. The van der Waals surface area contributed by atoms with Crippen LogP contribution in [0.2, 0.25) is 0 Å². The van der Waals surface area contributed by atoms with Gasteiger partial charge in [0, 0.05) is 25.3 Å². The minimum absolute atomic E-state index is 0.0182. The summed E-state index contributed by atoms with van der Waals surface area (Å²) in [5.74, 6) is -0.296. The Balaban J connectivity index is 1.65. The van der Waals surface area contributed by atoms with Gasteiger partial charge in [-0.1, -0.05) is 6.07 Å². The molecule has 0 unspecified atom stereocenters. The third-order valence-corrected chi connectivity index (χ3v) is 5.72. The Morgan fingerprint density at radius 3 is 2.61 bits per heavy atom. The maximum Gasteiger partial charge on any atom is 0.255 e. The van der Waals surface area contributed by atoms with Gasteiger partial charge < -0.3 is 20.1 Å². The van der Waals surface area contributed by atoms with Crippen LogP contribution < -0.4 is 15.2 Å². The molecule has 0 aliphatic carbocycles. The third kappa shape index (κ3) is 4.50. The van der Waals surface area contributed by atoms with Gasteiger partial charge >= 0.3 is 0 Å². The van der Waals surface area contributed by atoms with Gasteiger partial charge in [-0.25, -0.2) is 13.1 Å². The number of fused-ring (bicyclic) bond motifs is 1. The van der Waals surface area contributed by atoms with Crippen molar-refractivity contribution >= 4 is 26.8 Å². The molecule has 0 fully saturated rings. The molecule has 1 atom stereocenters. The van der Waals surface area contributed by atoms with Gasteiger partial charge in [0.15, 0.2) is 6.61 Å². The summed E-state index contributed by atoms with van der Waals surface area (Å²) < 4.78 is 34.3. The molecule has 28 heavy (non-hydrogen) atoms. The summed E-state index contributed by atoms with van der Waals surface area (Å²) in [5, 5.41) is 11.3. The zero-order valence-electron chi connectivity index (χ0n) is 15.2. The molecule has 2 aromatic carbocycles. The number of aromatic nitrogens is 1.